The van der Waals surface area contributed by atoms with Crippen molar-refractivity contribution in [3.05, 3.63) is 0 Å². The highest BCUT2D eigenvalue weighted by atomic mass is 16.5. The van der Waals surface area contributed by atoms with Crippen molar-refractivity contribution in [3.8, 4) is 0 Å². The Bertz CT molecular complexity index is 276. The Kier molecular flexibility index (Phi) is 4.05. The lowest BCUT2D eigenvalue weighted by Crippen LogP contribution is -2.48. The molecule has 0 bridgehead atoms. The molecule has 2 aliphatic rings. The molecule has 1 aliphatic carbocycles. The quantitative estimate of drug-likeness (QED) is 0.781. The molecule has 1 amide bonds. The van der Waals surface area contributed by atoms with Crippen LogP contribution in [0.5, 0.6) is 0 Å². The van der Waals surface area contributed by atoms with Gasteiger partial charge in [0.1, 0.15) is 6.10 Å². The summed E-state index contributed by atoms with van der Waals surface area (Å²) in [4.78, 5) is 11.8. The van der Waals surface area contributed by atoms with E-state index >= 15 is 0 Å². The molecule has 0 radical (unpaired) electrons. The average Bonchev–Trinajstić information content (AvgIpc) is 2.79. The van der Waals surface area contributed by atoms with Crippen molar-refractivity contribution in [1.82, 2.24) is 5.32 Å². The van der Waals surface area contributed by atoms with Crippen LogP contribution in [-0.2, 0) is 9.53 Å². The molecule has 1 aliphatic heterocycles. The lowest BCUT2D eigenvalue weighted by Gasteiger charge is -2.35. The zero-order valence-corrected chi connectivity index (χ0v) is 10.6. The van der Waals surface area contributed by atoms with Gasteiger partial charge in [-0.2, -0.15) is 0 Å². The van der Waals surface area contributed by atoms with Crippen LogP contribution in [0.3, 0.4) is 0 Å². The Labute approximate surface area is 103 Å². The summed E-state index contributed by atoms with van der Waals surface area (Å²) in [6.45, 7) is 3.21. The molecule has 2 rings (SSSR count). The average molecular weight is 241 g/mol. The van der Waals surface area contributed by atoms with Crippen LogP contribution in [0.4, 0.5) is 0 Å². The number of carbonyl (C=O) groups is 1. The summed E-state index contributed by atoms with van der Waals surface area (Å²) < 4.78 is 5.31. The van der Waals surface area contributed by atoms with Crippen LogP contribution >= 0.6 is 0 Å². The van der Waals surface area contributed by atoms with Crippen molar-refractivity contribution < 1.29 is 14.6 Å². The van der Waals surface area contributed by atoms with Crippen LogP contribution in [0.1, 0.15) is 45.4 Å². The molecule has 1 heterocycles. The lowest BCUT2D eigenvalue weighted by atomic mass is 9.79. The second kappa shape index (κ2) is 5.36. The zero-order chi connectivity index (χ0) is 12.3. The molecule has 0 aromatic rings. The largest absolute Gasteiger partial charge is 0.388 e. The fourth-order valence-electron chi connectivity index (χ4n) is 2.94. The summed E-state index contributed by atoms with van der Waals surface area (Å²) in [5.41, 5.74) is -0.702. The van der Waals surface area contributed by atoms with Crippen LogP contribution in [-0.4, -0.2) is 35.9 Å². The van der Waals surface area contributed by atoms with Gasteiger partial charge >= 0.3 is 0 Å². The molecule has 17 heavy (non-hydrogen) atoms. The molecule has 4 nitrogen and oxygen atoms in total. The number of hydrogen-bond donors (Lipinski definition) is 2. The van der Waals surface area contributed by atoms with Gasteiger partial charge in [-0.05, 0) is 31.6 Å². The molecule has 0 spiro atoms. The summed E-state index contributed by atoms with van der Waals surface area (Å²) in [5.74, 6) is 0.488. The molecule has 1 saturated heterocycles. The molecule has 0 aromatic heterocycles. The maximum Gasteiger partial charge on any atom is 0.249 e. The van der Waals surface area contributed by atoms with Gasteiger partial charge in [0.05, 0.1) is 5.60 Å². The first kappa shape index (κ1) is 12.8. The van der Waals surface area contributed by atoms with Crippen LogP contribution in [0, 0.1) is 5.92 Å². The SMILES string of the molecule is CC1CCCC(O)(CNC(=O)[C@H]2CCCO2)C1. The maximum atomic E-state index is 11.8. The summed E-state index contributed by atoms with van der Waals surface area (Å²) in [5, 5.41) is 13.2. The Morgan fingerprint density at radius 3 is 2.94 bits per heavy atom. The van der Waals surface area contributed by atoms with Gasteiger partial charge in [0, 0.05) is 13.2 Å². The molecule has 2 N–H and O–H groups in total. The van der Waals surface area contributed by atoms with E-state index in [0.717, 1.165) is 32.1 Å². The van der Waals surface area contributed by atoms with Gasteiger partial charge in [-0.3, -0.25) is 4.79 Å². The van der Waals surface area contributed by atoms with Crippen molar-refractivity contribution in [2.45, 2.75) is 57.2 Å². The smallest absolute Gasteiger partial charge is 0.249 e. The van der Waals surface area contributed by atoms with Gasteiger partial charge < -0.3 is 15.2 Å². The predicted octanol–water partition coefficient (Wildman–Crippen LogP) is 1.22. The normalized spacial score (nSPS) is 38.0. The molecule has 98 valence electrons. The molecule has 2 unspecified atom stereocenters. The number of amides is 1. The predicted molar refractivity (Wildman–Crippen MR) is 64.6 cm³/mol. The van der Waals surface area contributed by atoms with Crippen LogP contribution < -0.4 is 5.32 Å². The van der Waals surface area contributed by atoms with Gasteiger partial charge in [-0.25, -0.2) is 0 Å². The van der Waals surface area contributed by atoms with Crippen molar-refractivity contribution in [2.75, 3.05) is 13.2 Å². The van der Waals surface area contributed by atoms with Crippen LogP contribution in [0.15, 0.2) is 0 Å². The zero-order valence-electron chi connectivity index (χ0n) is 10.6. The Morgan fingerprint density at radius 2 is 2.29 bits per heavy atom. The highest BCUT2D eigenvalue weighted by Crippen LogP contribution is 2.31. The molecule has 2 fully saturated rings. The first-order valence-corrected chi connectivity index (χ1v) is 6.71. The number of rotatable bonds is 3. The number of ether oxygens (including phenoxy) is 1. The fraction of sp³-hybridized carbons (Fsp3) is 0.923. The fourth-order valence-corrected chi connectivity index (χ4v) is 2.94. The van der Waals surface area contributed by atoms with Crippen molar-refractivity contribution in [1.29, 1.82) is 0 Å². The minimum atomic E-state index is -0.702. The van der Waals surface area contributed by atoms with Crippen molar-refractivity contribution >= 4 is 5.91 Å². The molecule has 3 atom stereocenters. The summed E-state index contributed by atoms with van der Waals surface area (Å²) in [6.07, 6.45) is 5.29. The minimum Gasteiger partial charge on any atom is -0.388 e. The summed E-state index contributed by atoms with van der Waals surface area (Å²) in [7, 11) is 0. The van der Waals surface area contributed by atoms with Gasteiger partial charge in [0.25, 0.3) is 0 Å². The summed E-state index contributed by atoms with van der Waals surface area (Å²) in [6, 6.07) is 0. The number of nitrogens with one attached hydrogen (secondary N) is 1. The third-order valence-electron chi connectivity index (χ3n) is 3.88. The standard InChI is InChI=1S/C13H23NO3/c1-10-4-2-6-13(16,8-10)9-14-12(15)11-5-3-7-17-11/h10-11,16H,2-9H2,1H3,(H,14,15)/t10?,11-,13?/m1/s1. The van der Waals surface area contributed by atoms with Gasteiger partial charge in [-0.15, -0.1) is 0 Å². The summed E-state index contributed by atoms with van der Waals surface area (Å²) >= 11 is 0. The molecule has 1 saturated carbocycles. The van der Waals surface area contributed by atoms with Gasteiger partial charge in [0.15, 0.2) is 0 Å². The maximum absolute atomic E-state index is 11.8. The monoisotopic (exact) mass is 241 g/mol. The Hall–Kier alpha value is -0.610. The number of hydrogen-bond acceptors (Lipinski definition) is 3. The first-order chi connectivity index (χ1) is 8.09. The van der Waals surface area contributed by atoms with E-state index in [1.807, 2.05) is 0 Å². The lowest BCUT2D eigenvalue weighted by molar-refractivity contribution is -0.131. The Morgan fingerprint density at radius 1 is 1.47 bits per heavy atom. The van der Waals surface area contributed by atoms with E-state index in [4.69, 9.17) is 4.74 Å². The Balaban J connectivity index is 1.78. The first-order valence-electron chi connectivity index (χ1n) is 6.71. The van der Waals surface area contributed by atoms with Gasteiger partial charge in [0.2, 0.25) is 5.91 Å². The molecule has 0 aromatic carbocycles. The molecule has 4 heteroatoms. The van der Waals surface area contributed by atoms with Crippen LogP contribution in [0.2, 0.25) is 0 Å². The topological polar surface area (TPSA) is 58.6 Å². The van der Waals surface area contributed by atoms with E-state index in [-0.39, 0.29) is 12.0 Å². The van der Waals surface area contributed by atoms with Crippen molar-refractivity contribution in [3.63, 3.8) is 0 Å². The van der Waals surface area contributed by atoms with Crippen LogP contribution in [0.25, 0.3) is 0 Å². The molecular formula is C13H23NO3. The van der Waals surface area contributed by atoms with Gasteiger partial charge in [-0.1, -0.05) is 19.8 Å². The highest BCUT2D eigenvalue weighted by molar-refractivity contribution is 5.81. The molecular weight excluding hydrogens is 218 g/mol. The number of aliphatic hydroxyl groups is 1. The minimum absolute atomic E-state index is 0.0610. The van der Waals surface area contributed by atoms with Crippen molar-refractivity contribution in [2.24, 2.45) is 5.92 Å². The highest BCUT2D eigenvalue weighted by Gasteiger charge is 2.34. The second-order valence-corrected chi connectivity index (χ2v) is 5.65. The number of carbonyl (C=O) groups excluding carboxylic acids is 1. The van der Waals surface area contributed by atoms with E-state index in [0.29, 0.717) is 19.1 Å². The van der Waals surface area contributed by atoms with E-state index in [1.165, 1.54) is 6.42 Å². The van der Waals surface area contributed by atoms with E-state index in [2.05, 4.69) is 12.2 Å². The van der Waals surface area contributed by atoms with E-state index in [1.54, 1.807) is 0 Å². The third kappa shape index (κ3) is 3.42. The second-order valence-electron chi connectivity index (χ2n) is 5.65. The van der Waals surface area contributed by atoms with E-state index < -0.39 is 5.60 Å². The van der Waals surface area contributed by atoms with E-state index in [9.17, 15) is 9.90 Å². The third-order valence-corrected chi connectivity index (χ3v) is 3.88.